The molecule has 5 nitrogen and oxygen atoms in total. The van der Waals surface area contributed by atoms with Gasteiger partial charge in [-0.15, -0.1) is 21.5 Å². The van der Waals surface area contributed by atoms with Crippen molar-refractivity contribution in [3.63, 3.8) is 0 Å². The normalized spacial score (nSPS) is 11.2. The van der Waals surface area contributed by atoms with E-state index in [9.17, 15) is 0 Å². The second-order valence-electron chi connectivity index (χ2n) is 3.23. The zero-order valence-electron chi connectivity index (χ0n) is 8.66. The molecule has 0 aliphatic carbocycles. The van der Waals surface area contributed by atoms with Gasteiger partial charge in [0.15, 0.2) is 4.34 Å². The van der Waals surface area contributed by atoms with E-state index in [0.717, 1.165) is 14.6 Å². The Labute approximate surface area is 110 Å². The molecule has 0 N–H and O–H groups in total. The Balaban J connectivity index is 1.98. The summed E-state index contributed by atoms with van der Waals surface area (Å²) in [5.74, 6) is 0. The minimum atomic E-state index is 0.586. The number of benzene rings is 1. The second-order valence-corrected chi connectivity index (χ2v) is 5.88. The second kappa shape index (κ2) is 4.25. The van der Waals surface area contributed by atoms with Gasteiger partial charge in [0.25, 0.3) is 0 Å². The predicted molar refractivity (Wildman–Crippen MR) is 67.6 cm³/mol. The molecule has 0 atom stereocenters. The molecular formula is C9H6ClN5S2. The van der Waals surface area contributed by atoms with Crippen LogP contribution in [0.2, 0.25) is 5.02 Å². The smallest absolute Gasteiger partial charge is 0.228 e. The summed E-state index contributed by atoms with van der Waals surface area (Å²) in [4.78, 5) is 5.87. The number of rotatable bonds is 2. The number of halogens is 1. The summed E-state index contributed by atoms with van der Waals surface area (Å²) in [5, 5.41) is 13.0. The first kappa shape index (κ1) is 10.9. The van der Waals surface area contributed by atoms with Crippen molar-refractivity contribution in [2.75, 3.05) is 0 Å². The third-order valence-electron chi connectivity index (χ3n) is 2.02. The minimum Gasteiger partial charge on any atom is -0.228 e. The molecule has 0 amide bonds. The Hall–Kier alpha value is -1.18. The molecule has 3 rings (SSSR count). The molecule has 8 heteroatoms. The summed E-state index contributed by atoms with van der Waals surface area (Å²) in [5.41, 5.74) is 0.825. The lowest BCUT2D eigenvalue weighted by Gasteiger charge is -1.88. The minimum absolute atomic E-state index is 0.586. The molecule has 3 aromatic rings. The average Bonchev–Trinajstić information content (AvgIpc) is 2.86. The van der Waals surface area contributed by atoms with Crippen LogP contribution in [0.1, 0.15) is 0 Å². The number of thiazole rings is 1. The van der Waals surface area contributed by atoms with Crippen molar-refractivity contribution < 1.29 is 0 Å². The van der Waals surface area contributed by atoms with Gasteiger partial charge < -0.3 is 0 Å². The maximum absolute atomic E-state index is 6.06. The number of hydrogen-bond donors (Lipinski definition) is 0. The lowest BCUT2D eigenvalue weighted by Crippen LogP contribution is -1.91. The average molecular weight is 284 g/mol. The fraction of sp³-hybridized carbons (Fsp3) is 0.111. The highest BCUT2D eigenvalue weighted by atomic mass is 35.5. The van der Waals surface area contributed by atoms with Crippen molar-refractivity contribution in [1.82, 2.24) is 25.2 Å². The zero-order chi connectivity index (χ0) is 11.8. The lowest BCUT2D eigenvalue weighted by molar-refractivity contribution is 0.626. The molecule has 0 bridgehead atoms. The van der Waals surface area contributed by atoms with Crippen molar-refractivity contribution in [2.24, 2.45) is 7.05 Å². The van der Waals surface area contributed by atoms with Crippen LogP contribution in [-0.2, 0) is 7.05 Å². The topological polar surface area (TPSA) is 56.5 Å². The van der Waals surface area contributed by atoms with E-state index in [2.05, 4.69) is 20.4 Å². The molecule has 0 fully saturated rings. The highest BCUT2D eigenvalue weighted by molar-refractivity contribution is 8.01. The van der Waals surface area contributed by atoms with Gasteiger partial charge in [-0.3, -0.25) is 0 Å². The molecule has 0 radical (unpaired) electrons. The van der Waals surface area contributed by atoms with E-state index in [4.69, 9.17) is 11.6 Å². The molecule has 2 heterocycles. The summed E-state index contributed by atoms with van der Waals surface area (Å²) >= 11 is 9.02. The van der Waals surface area contributed by atoms with Crippen LogP contribution in [0.15, 0.2) is 27.7 Å². The van der Waals surface area contributed by atoms with E-state index >= 15 is 0 Å². The van der Waals surface area contributed by atoms with E-state index < -0.39 is 0 Å². The molecule has 0 unspecified atom stereocenters. The van der Waals surface area contributed by atoms with Crippen LogP contribution in [0.3, 0.4) is 0 Å². The standard InChI is InChI=1S/C9H6ClN5S2/c1-15-13-8(12-14-15)17-9-11-7-5(10)3-2-4-6(7)16-9/h2-4H,1H3. The van der Waals surface area contributed by atoms with Gasteiger partial charge in [-0.05, 0) is 29.1 Å². The lowest BCUT2D eigenvalue weighted by atomic mass is 10.3. The fourth-order valence-electron chi connectivity index (χ4n) is 1.32. The third kappa shape index (κ3) is 2.13. The number of tetrazole rings is 1. The van der Waals surface area contributed by atoms with Gasteiger partial charge in [-0.1, -0.05) is 17.7 Å². The monoisotopic (exact) mass is 283 g/mol. The molecule has 17 heavy (non-hydrogen) atoms. The van der Waals surface area contributed by atoms with Crippen LogP contribution in [0.4, 0.5) is 0 Å². The molecular weight excluding hydrogens is 278 g/mol. The number of aromatic nitrogens is 5. The van der Waals surface area contributed by atoms with Gasteiger partial charge in [0.1, 0.15) is 5.52 Å². The number of hydrogen-bond acceptors (Lipinski definition) is 6. The van der Waals surface area contributed by atoms with Gasteiger partial charge >= 0.3 is 0 Å². The first-order valence-corrected chi connectivity index (χ1v) is 6.70. The van der Waals surface area contributed by atoms with Crippen LogP contribution in [0, 0.1) is 0 Å². The van der Waals surface area contributed by atoms with Gasteiger partial charge in [-0.25, -0.2) is 4.98 Å². The number of para-hydroxylation sites is 1. The van der Waals surface area contributed by atoms with Crippen LogP contribution in [-0.4, -0.2) is 25.2 Å². The van der Waals surface area contributed by atoms with Gasteiger partial charge in [0.2, 0.25) is 5.16 Å². The van der Waals surface area contributed by atoms with Crippen molar-refractivity contribution in [2.45, 2.75) is 9.50 Å². The Bertz CT molecular complexity index is 677. The van der Waals surface area contributed by atoms with Gasteiger partial charge in [0, 0.05) is 0 Å². The molecule has 0 aliphatic heterocycles. The summed E-state index contributed by atoms with van der Waals surface area (Å²) in [6, 6.07) is 5.74. The summed E-state index contributed by atoms with van der Waals surface area (Å²) in [6.45, 7) is 0. The van der Waals surface area contributed by atoms with Crippen molar-refractivity contribution >= 4 is 44.9 Å². The zero-order valence-corrected chi connectivity index (χ0v) is 11.1. The Morgan fingerprint density at radius 3 is 3.00 bits per heavy atom. The first-order chi connectivity index (χ1) is 8.22. The number of fused-ring (bicyclic) bond motifs is 1. The highest BCUT2D eigenvalue weighted by Gasteiger charge is 2.10. The fourth-order valence-corrected chi connectivity index (χ4v) is 3.51. The van der Waals surface area contributed by atoms with Crippen molar-refractivity contribution in [1.29, 1.82) is 0 Å². The summed E-state index contributed by atoms with van der Waals surface area (Å²) in [6.07, 6.45) is 0. The van der Waals surface area contributed by atoms with Gasteiger partial charge in [-0.2, -0.15) is 4.80 Å². The summed E-state index contributed by atoms with van der Waals surface area (Å²) < 4.78 is 1.92. The van der Waals surface area contributed by atoms with Crippen LogP contribution < -0.4 is 0 Å². The predicted octanol–water partition coefficient (Wildman–Crippen LogP) is 2.62. The maximum atomic E-state index is 6.06. The van der Waals surface area contributed by atoms with E-state index in [1.54, 1.807) is 18.4 Å². The maximum Gasteiger partial charge on any atom is 0.238 e. The molecule has 2 aromatic heterocycles. The molecule has 86 valence electrons. The molecule has 0 saturated heterocycles. The van der Waals surface area contributed by atoms with Crippen molar-refractivity contribution in [3.8, 4) is 0 Å². The largest absolute Gasteiger partial charge is 0.238 e. The Morgan fingerprint density at radius 2 is 2.29 bits per heavy atom. The highest BCUT2D eigenvalue weighted by Crippen LogP contribution is 2.34. The SMILES string of the molecule is Cn1nnc(Sc2nc3c(Cl)cccc3s2)n1. The molecule has 0 saturated carbocycles. The van der Waals surface area contributed by atoms with Crippen LogP contribution in [0.25, 0.3) is 10.2 Å². The van der Waals surface area contributed by atoms with Crippen LogP contribution >= 0.6 is 34.7 Å². The Kier molecular flexibility index (Phi) is 2.73. The van der Waals surface area contributed by atoms with E-state index in [-0.39, 0.29) is 0 Å². The van der Waals surface area contributed by atoms with E-state index in [1.165, 1.54) is 16.6 Å². The van der Waals surface area contributed by atoms with E-state index in [1.807, 2.05) is 18.2 Å². The van der Waals surface area contributed by atoms with Crippen molar-refractivity contribution in [3.05, 3.63) is 23.2 Å². The van der Waals surface area contributed by atoms with Crippen LogP contribution in [0.5, 0.6) is 0 Å². The Morgan fingerprint density at radius 1 is 1.41 bits per heavy atom. The molecule has 0 spiro atoms. The molecule has 1 aromatic carbocycles. The number of aryl methyl sites for hydroxylation is 1. The first-order valence-electron chi connectivity index (χ1n) is 4.69. The third-order valence-corrected chi connectivity index (χ3v) is 4.25. The quantitative estimate of drug-likeness (QED) is 0.724. The summed E-state index contributed by atoms with van der Waals surface area (Å²) in [7, 11) is 1.73. The van der Waals surface area contributed by atoms with E-state index in [0.29, 0.717) is 10.2 Å². The molecule has 0 aliphatic rings. The van der Waals surface area contributed by atoms with Gasteiger partial charge in [0.05, 0.1) is 16.8 Å². The number of nitrogens with zero attached hydrogens (tertiary/aromatic N) is 5.